The minimum absolute atomic E-state index is 0.0306. The first kappa shape index (κ1) is 11.7. The minimum atomic E-state index is -0.450. The van der Waals surface area contributed by atoms with Crippen LogP contribution in [0, 0.1) is 0 Å². The van der Waals surface area contributed by atoms with E-state index in [0.29, 0.717) is 5.56 Å². The van der Waals surface area contributed by atoms with Crippen LogP contribution in [0.25, 0.3) is 10.9 Å². The minimum Gasteiger partial charge on any atom is -0.356 e. The molecule has 1 saturated heterocycles. The number of benzene rings is 1. The van der Waals surface area contributed by atoms with Crippen LogP contribution in [0.3, 0.4) is 0 Å². The number of rotatable bonds is 2. The van der Waals surface area contributed by atoms with Gasteiger partial charge in [-0.15, -0.1) is 0 Å². The number of hydrogen-bond acceptors (Lipinski definition) is 3. The van der Waals surface area contributed by atoms with Crippen molar-refractivity contribution in [2.45, 2.75) is 25.5 Å². The van der Waals surface area contributed by atoms with Crippen molar-refractivity contribution in [3.63, 3.8) is 0 Å². The Kier molecular flexibility index (Phi) is 3.06. The summed E-state index contributed by atoms with van der Waals surface area (Å²) >= 11 is 5.51. The van der Waals surface area contributed by atoms with Crippen LogP contribution in [0.1, 0.15) is 35.8 Å². The number of aromatic nitrogens is 2. The Balaban J connectivity index is 2.05. The molecule has 5 heteroatoms. The summed E-state index contributed by atoms with van der Waals surface area (Å²) in [5.41, 5.74) is 1.38. The molecule has 3 rings (SSSR count). The predicted octanol–water partition coefficient (Wildman–Crippen LogP) is 3.11. The standard InChI is InChI=1S/C13H13ClN2O2/c14-13(17)9-4-5-10-8-15-16(11(10)7-9)12-3-1-2-6-18-12/h4-5,7-8,12H,1-3,6H2. The molecule has 0 N–H and O–H groups in total. The highest BCUT2D eigenvalue weighted by Crippen LogP contribution is 2.26. The van der Waals surface area contributed by atoms with Crippen LogP contribution in [0.2, 0.25) is 0 Å². The van der Waals surface area contributed by atoms with Gasteiger partial charge in [-0.3, -0.25) is 4.79 Å². The fraction of sp³-hybridized carbons (Fsp3) is 0.385. The summed E-state index contributed by atoms with van der Waals surface area (Å²) < 4.78 is 7.56. The zero-order valence-corrected chi connectivity index (χ0v) is 10.6. The van der Waals surface area contributed by atoms with E-state index in [1.807, 2.05) is 10.7 Å². The zero-order valence-electron chi connectivity index (χ0n) is 9.80. The molecule has 94 valence electrons. The molecule has 0 amide bonds. The molecule has 0 aliphatic carbocycles. The summed E-state index contributed by atoms with van der Waals surface area (Å²) in [6, 6.07) is 5.35. The summed E-state index contributed by atoms with van der Waals surface area (Å²) in [5, 5.41) is 4.90. The molecule has 1 aliphatic rings. The second-order valence-electron chi connectivity index (χ2n) is 4.46. The second-order valence-corrected chi connectivity index (χ2v) is 4.80. The highest BCUT2D eigenvalue weighted by atomic mass is 35.5. The van der Waals surface area contributed by atoms with Gasteiger partial charge in [-0.1, -0.05) is 6.07 Å². The molecule has 1 unspecified atom stereocenters. The zero-order chi connectivity index (χ0) is 12.5. The van der Waals surface area contributed by atoms with Crippen molar-refractivity contribution in [1.82, 2.24) is 9.78 Å². The maximum absolute atomic E-state index is 11.2. The van der Waals surface area contributed by atoms with E-state index in [2.05, 4.69) is 5.10 Å². The van der Waals surface area contributed by atoms with Crippen LogP contribution in [0.5, 0.6) is 0 Å². The Labute approximate surface area is 109 Å². The first-order valence-electron chi connectivity index (χ1n) is 6.04. The lowest BCUT2D eigenvalue weighted by Crippen LogP contribution is -2.19. The normalized spacial score (nSPS) is 20.2. The van der Waals surface area contributed by atoms with Crippen molar-refractivity contribution in [2.24, 2.45) is 0 Å². The molecule has 1 atom stereocenters. The summed E-state index contributed by atoms with van der Waals surface area (Å²) in [6.45, 7) is 0.764. The van der Waals surface area contributed by atoms with Crippen LogP contribution in [0.15, 0.2) is 24.4 Å². The van der Waals surface area contributed by atoms with Crippen LogP contribution in [-0.4, -0.2) is 21.6 Å². The monoisotopic (exact) mass is 264 g/mol. The number of carbonyl (C=O) groups excluding carboxylic acids is 1. The highest BCUT2D eigenvalue weighted by Gasteiger charge is 2.18. The van der Waals surface area contributed by atoms with E-state index in [0.717, 1.165) is 36.8 Å². The van der Waals surface area contributed by atoms with Crippen molar-refractivity contribution in [2.75, 3.05) is 6.61 Å². The number of hydrogen-bond donors (Lipinski definition) is 0. The summed E-state index contributed by atoms with van der Waals surface area (Å²) in [5.74, 6) is 0. The topological polar surface area (TPSA) is 44.1 Å². The molecule has 1 aliphatic heterocycles. The Bertz CT molecular complexity index is 588. The Morgan fingerprint density at radius 1 is 1.44 bits per heavy atom. The quantitative estimate of drug-likeness (QED) is 0.783. The van der Waals surface area contributed by atoms with Crippen molar-refractivity contribution >= 4 is 27.7 Å². The molecule has 0 saturated carbocycles. The third-order valence-corrected chi connectivity index (χ3v) is 3.47. The number of halogens is 1. The van der Waals surface area contributed by atoms with Gasteiger partial charge in [0.05, 0.1) is 11.7 Å². The van der Waals surface area contributed by atoms with E-state index in [1.165, 1.54) is 0 Å². The van der Waals surface area contributed by atoms with E-state index in [-0.39, 0.29) is 6.23 Å². The third-order valence-electron chi connectivity index (χ3n) is 3.25. The SMILES string of the molecule is O=C(Cl)c1ccc2cnn(C3CCCCO3)c2c1. The Hall–Kier alpha value is -1.39. The summed E-state index contributed by atoms with van der Waals surface area (Å²) in [6.07, 6.45) is 4.95. The van der Waals surface area contributed by atoms with Gasteiger partial charge in [0.2, 0.25) is 0 Å². The van der Waals surface area contributed by atoms with Crippen LogP contribution < -0.4 is 0 Å². The van der Waals surface area contributed by atoms with Gasteiger partial charge >= 0.3 is 0 Å². The van der Waals surface area contributed by atoms with Crippen molar-refractivity contribution in [3.05, 3.63) is 30.0 Å². The average molecular weight is 265 g/mol. The smallest absolute Gasteiger partial charge is 0.252 e. The molecule has 2 heterocycles. The fourth-order valence-electron chi connectivity index (χ4n) is 2.31. The lowest BCUT2D eigenvalue weighted by Gasteiger charge is -2.23. The van der Waals surface area contributed by atoms with Gasteiger partial charge in [0.15, 0.2) is 6.23 Å². The number of ether oxygens (including phenoxy) is 1. The first-order chi connectivity index (χ1) is 8.75. The molecule has 4 nitrogen and oxygen atoms in total. The van der Waals surface area contributed by atoms with Gasteiger partial charge in [-0.05, 0) is 43.0 Å². The van der Waals surface area contributed by atoms with Crippen molar-refractivity contribution in [3.8, 4) is 0 Å². The molecular formula is C13H13ClN2O2. The predicted molar refractivity (Wildman–Crippen MR) is 68.8 cm³/mol. The third kappa shape index (κ3) is 2.02. The second kappa shape index (κ2) is 4.71. The molecule has 0 bridgehead atoms. The number of nitrogens with zero attached hydrogens (tertiary/aromatic N) is 2. The van der Waals surface area contributed by atoms with Gasteiger partial charge in [-0.2, -0.15) is 5.10 Å². The highest BCUT2D eigenvalue weighted by molar-refractivity contribution is 6.67. The molecule has 1 aromatic carbocycles. The first-order valence-corrected chi connectivity index (χ1v) is 6.42. The molecule has 0 radical (unpaired) electrons. The van der Waals surface area contributed by atoms with E-state index < -0.39 is 5.24 Å². The van der Waals surface area contributed by atoms with Gasteiger partial charge in [-0.25, -0.2) is 4.68 Å². The van der Waals surface area contributed by atoms with E-state index in [1.54, 1.807) is 18.3 Å². The Morgan fingerprint density at radius 3 is 3.06 bits per heavy atom. The van der Waals surface area contributed by atoms with Crippen LogP contribution in [0.4, 0.5) is 0 Å². The van der Waals surface area contributed by atoms with E-state index in [4.69, 9.17) is 16.3 Å². The lowest BCUT2D eigenvalue weighted by atomic mass is 10.1. The molecule has 2 aromatic rings. The fourth-order valence-corrected chi connectivity index (χ4v) is 2.42. The van der Waals surface area contributed by atoms with Crippen molar-refractivity contribution in [1.29, 1.82) is 0 Å². The summed E-state index contributed by atoms with van der Waals surface area (Å²) in [4.78, 5) is 11.2. The molecular weight excluding hydrogens is 252 g/mol. The maximum Gasteiger partial charge on any atom is 0.252 e. The molecule has 0 spiro atoms. The molecule has 1 fully saturated rings. The van der Waals surface area contributed by atoms with Crippen molar-refractivity contribution < 1.29 is 9.53 Å². The number of carbonyl (C=O) groups is 1. The van der Waals surface area contributed by atoms with Gasteiger partial charge < -0.3 is 4.74 Å². The van der Waals surface area contributed by atoms with Gasteiger partial charge in [0.25, 0.3) is 5.24 Å². The Morgan fingerprint density at radius 2 is 2.33 bits per heavy atom. The van der Waals surface area contributed by atoms with Crippen LogP contribution in [-0.2, 0) is 4.74 Å². The molecule has 18 heavy (non-hydrogen) atoms. The lowest BCUT2D eigenvalue weighted by molar-refractivity contribution is -0.0366. The number of fused-ring (bicyclic) bond motifs is 1. The van der Waals surface area contributed by atoms with E-state index in [9.17, 15) is 4.79 Å². The van der Waals surface area contributed by atoms with Gasteiger partial charge in [0, 0.05) is 17.6 Å². The van der Waals surface area contributed by atoms with Crippen LogP contribution >= 0.6 is 11.6 Å². The maximum atomic E-state index is 11.2. The van der Waals surface area contributed by atoms with E-state index >= 15 is 0 Å². The average Bonchev–Trinajstić information content (AvgIpc) is 2.82. The summed E-state index contributed by atoms with van der Waals surface area (Å²) in [7, 11) is 0. The van der Waals surface area contributed by atoms with Gasteiger partial charge in [0.1, 0.15) is 0 Å². The largest absolute Gasteiger partial charge is 0.356 e. The molecule has 1 aromatic heterocycles.